The first kappa shape index (κ1) is 25.1. The summed E-state index contributed by atoms with van der Waals surface area (Å²) < 4.78 is 34.4. The molecule has 0 radical (unpaired) electrons. The zero-order valence-electron chi connectivity index (χ0n) is 20.2. The average Bonchev–Trinajstić information content (AvgIpc) is 2.76. The molecule has 3 aromatic rings. The molecular weight excluding hydrogens is 448 g/mol. The fourth-order valence-electron chi connectivity index (χ4n) is 4.42. The number of methoxy groups -OCH3 is 1. The summed E-state index contributed by atoms with van der Waals surface area (Å²) in [6.07, 6.45) is 5.80. The van der Waals surface area contributed by atoms with Crippen LogP contribution in [0.15, 0.2) is 53.4 Å². The summed E-state index contributed by atoms with van der Waals surface area (Å²) in [7, 11) is -2.46. The molecule has 0 bridgehead atoms. The number of fused-ring (bicyclic) bond motifs is 1. The van der Waals surface area contributed by atoms with Crippen LogP contribution in [-0.2, 0) is 19.6 Å². The number of rotatable bonds is 8. The van der Waals surface area contributed by atoms with Crippen molar-refractivity contribution < 1.29 is 17.9 Å². The number of benzene rings is 3. The van der Waals surface area contributed by atoms with E-state index in [1.165, 1.54) is 7.11 Å². The quantitative estimate of drug-likeness (QED) is 0.366. The Morgan fingerprint density at radius 2 is 1.71 bits per heavy atom. The van der Waals surface area contributed by atoms with Crippen molar-refractivity contribution in [1.82, 2.24) is 0 Å². The topological polar surface area (TPSA) is 75.7 Å². The largest absolute Gasteiger partial charge is 0.469 e. The van der Waals surface area contributed by atoms with E-state index in [0.29, 0.717) is 16.8 Å². The second-order valence-electron chi connectivity index (χ2n) is 8.47. The van der Waals surface area contributed by atoms with E-state index in [4.69, 9.17) is 11.2 Å². The number of anilines is 2. The Hall–Kier alpha value is -3.50. The SMILES string of the molecule is C#CCN(c1ccc(NS(=O)(=O)c2c(C)cc(C)cc2C)c2ccccc12)[C@@H](C)CC(=O)OC. The van der Waals surface area contributed by atoms with Gasteiger partial charge in [-0.15, -0.1) is 6.42 Å². The Morgan fingerprint density at radius 1 is 1.09 bits per heavy atom. The van der Waals surface area contributed by atoms with Crippen molar-refractivity contribution in [2.75, 3.05) is 23.3 Å². The van der Waals surface area contributed by atoms with Gasteiger partial charge in [0.1, 0.15) is 0 Å². The minimum atomic E-state index is -3.82. The molecule has 0 aliphatic heterocycles. The van der Waals surface area contributed by atoms with Crippen molar-refractivity contribution in [3.8, 4) is 12.3 Å². The summed E-state index contributed by atoms with van der Waals surface area (Å²) in [5.41, 5.74) is 3.69. The van der Waals surface area contributed by atoms with Crippen molar-refractivity contribution in [2.24, 2.45) is 0 Å². The van der Waals surface area contributed by atoms with E-state index in [-0.39, 0.29) is 29.9 Å². The summed E-state index contributed by atoms with van der Waals surface area (Å²) in [5.74, 6) is 2.33. The number of sulfonamides is 1. The summed E-state index contributed by atoms with van der Waals surface area (Å²) in [6, 6.07) is 14.6. The van der Waals surface area contributed by atoms with Gasteiger partial charge in [-0.3, -0.25) is 9.52 Å². The highest BCUT2D eigenvalue weighted by molar-refractivity contribution is 7.92. The number of nitrogens with one attached hydrogen (secondary N) is 1. The number of terminal acetylenes is 1. The average molecular weight is 479 g/mol. The molecule has 0 aliphatic carbocycles. The molecule has 1 N–H and O–H groups in total. The Balaban J connectivity index is 2.09. The van der Waals surface area contributed by atoms with Crippen LogP contribution in [0.2, 0.25) is 0 Å². The molecule has 34 heavy (non-hydrogen) atoms. The monoisotopic (exact) mass is 478 g/mol. The summed E-state index contributed by atoms with van der Waals surface area (Å²) in [6.45, 7) is 7.74. The second kappa shape index (κ2) is 10.2. The highest BCUT2D eigenvalue weighted by atomic mass is 32.2. The highest BCUT2D eigenvalue weighted by Gasteiger charge is 2.23. The van der Waals surface area contributed by atoms with Crippen LogP contribution in [0.3, 0.4) is 0 Å². The fourth-order valence-corrected chi connectivity index (χ4v) is 5.96. The lowest BCUT2D eigenvalue weighted by Crippen LogP contribution is -2.35. The summed E-state index contributed by atoms with van der Waals surface area (Å²) in [5, 5.41) is 1.56. The van der Waals surface area contributed by atoms with E-state index in [0.717, 1.165) is 22.0 Å². The second-order valence-corrected chi connectivity index (χ2v) is 10.1. The van der Waals surface area contributed by atoms with E-state index < -0.39 is 10.0 Å². The zero-order valence-corrected chi connectivity index (χ0v) is 21.0. The normalized spacial score (nSPS) is 12.1. The lowest BCUT2D eigenvalue weighted by Gasteiger charge is -2.30. The van der Waals surface area contributed by atoms with Gasteiger partial charge in [-0.2, -0.15) is 0 Å². The van der Waals surface area contributed by atoms with Gasteiger partial charge in [0.25, 0.3) is 10.0 Å². The van der Waals surface area contributed by atoms with Crippen LogP contribution in [0.1, 0.15) is 30.0 Å². The zero-order chi connectivity index (χ0) is 25.0. The maximum Gasteiger partial charge on any atom is 0.307 e. The molecule has 3 aromatic carbocycles. The molecule has 0 aromatic heterocycles. The minimum Gasteiger partial charge on any atom is -0.469 e. The van der Waals surface area contributed by atoms with E-state index in [2.05, 4.69) is 10.6 Å². The van der Waals surface area contributed by atoms with E-state index >= 15 is 0 Å². The number of carbonyl (C=O) groups excluding carboxylic acids is 1. The third-order valence-electron chi connectivity index (χ3n) is 5.81. The first-order valence-electron chi connectivity index (χ1n) is 11.0. The molecule has 1 atom stereocenters. The number of hydrogen-bond donors (Lipinski definition) is 1. The van der Waals surface area contributed by atoms with Crippen molar-refractivity contribution in [3.05, 3.63) is 65.2 Å². The molecule has 0 saturated carbocycles. The predicted octanol–water partition coefficient (Wildman–Crippen LogP) is 4.96. The number of esters is 1. The van der Waals surface area contributed by atoms with E-state index in [1.807, 2.05) is 61.2 Å². The highest BCUT2D eigenvalue weighted by Crippen LogP contribution is 2.35. The standard InChI is InChI=1S/C27H30N2O4S/c1-7-14-29(21(5)17-26(30)33-6)25-13-12-24(22-10-8-9-11-23(22)25)28-34(31,32)27-19(3)15-18(2)16-20(27)4/h1,8-13,15-16,21,28H,14,17H2,2-6H3/t21-/m0/s1. The minimum absolute atomic E-state index is 0.173. The summed E-state index contributed by atoms with van der Waals surface area (Å²) in [4.78, 5) is 14.1. The molecule has 0 saturated heterocycles. The third-order valence-corrected chi connectivity index (χ3v) is 7.48. The van der Waals surface area contributed by atoms with Gasteiger partial charge in [-0.25, -0.2) is 8.42 Å². The predicted molar refractivity (Wildman–Crippen MR) is 138 cm³/mol. The number of carbonyl (C=O) groups is 1. The molecule has 0 amide bonds. The molecule has 6 nitrogen and oxygen atoms in total. The van der Waals surface area contributed by atoms with Gasteiger partial charge in [0.05, 0.1) is 30.7 Å². The van der Waals surface area contributed by atoms with Gasteiger partial charge in [0, 0.05) is 22.5 Å². The lowest BCUT2D eigenvalue weighted by molar-refractivity contribution is -0.140. The fraction of sp³-hybridized carbons (Fsp3) is 0.296. The molecule has 0 aliphatic rings. The maximum absolute atomic E-state index is 13.4. The van der Waals surface area contributed by atoms with Crippen LogP contribution in [0.4, 0.5) is 11.4 Å². The van der Waals surface area contributed by atoms with Gasteiger partial charge < -0.3 is 9.64 Å². The third kappa shape index (κ3) is 5.18. The molecule has 3 rings (SSSR count). The molecule has 0 heterocycles. The van der Waals surface area contributed by atoms with Crippen LogP contribution < -0.4 is 9.62 Å². The van der Waals surface area contributed by atoms with E-state index in [9.17, 15) is 13.2 Å². The Morgan fingerprint density at radius 3 is 2.29 bits per heavy atom. The first-order chi connectivity index (χ1) is 16.1. The van der Waals surface area contributed by atoms with E-state index in [1.54, 1.807) is 19.9 Å². The van der Waals surface area contributed by atoms with Crippen LogP contribution in [-0.4, -0.2) is 34.1 Å². The Bertz CT molecular complexity index is 1350. The van der Waals surface area contributed by atoms with Crippen LogP contribution in [0, 0.1) is 33.1 Å². The Labute approximate surface area is 202 Å². The van der Waals surface area contributed by atoms with Crippen molar-refractivity contribution in [3.63, 3.8) is 0 Å². The van der Waals surface area contributed by atoms with Gasteiger partial charge >= 0.3 is 5.97 Å². The maximum atomic E-state index is 13.4. The first-order valence-corrected chi connectivity index (χ1v) is 12.5. The van der Waals surface area contributed by atoms with Crippen LogP contribution in [0.5, 0.6) is 0 Å². The van der Waals surface area contributed by atoms with Crippen molar-refractivity contribution in [1.29, 1.82) is 0 Å². The van der Waals surface area contributed by atoms with Crippen molar-refractivity contribution >= 4 is 38.1 Å². The molecule has 0 spiro atoms. The molecule has 178 valence electrons. The lowest BCUT2D eigenvalue weighted by atomic mass is 10.0. The number of nitrogens with zero attached hydrogens (tertiary/aromatic N) is 1. The number of hydrogen-bond acceptors (Lipinski definition) is 5. The van der Waals surface area contributed by atoms with Gasteiger partial charge in [0.15, 0.2) is 0 Å². The number of ether oxygens (including phenoxy) is 1. The molecule has 7 heteroatoms. The van der Waals surface area contributed by atoms with Crippen molar-refractivity contribution in [2.45, 2.75) is 45.1 Å². The summed E-state index contributed by atoms with van der Waals surface area (Å²) >= 11 is 0. The smallest absolute Gasteiger partial charge is 0.307 e. The van der Waals surface area contributed by atoms with Crippen LogP contribution in [0.25, 0.3) is 10.8 Å². The van der Waals surface area contributed by atoms with Gasteiger partial charge in [-0.1, -0.05) is 47.9 Å². The molecular formula is C27H30N2O4S. The molecule has 0 unspecified atom stereocenters. The Kier molecular flexibility index (Phi) is 7.53. The van der Waals surface area contributed by atoms with Gasteiger partial charge in [-0.05, 0) is 51.0 Å². The van der Waals surface area contributed by atoms with Gasteiger partial charge in [0.2, 0.25) is 0 Å². The molecule has 0 fully saturated rings. The van der Waals surface area contributed by atoms with Crippen LogP contribution >= 0.6 is 0 Å². The number of aryl methyl sites for hydroxylation is 3.